The van der Waals surface area contributed by atoms with Crippen LogP contribution in [0, 0.1) is 5.92 Å². The van der Waals surface area contributed by atoms with E-state index < -0.39 is 5.97 Å². The summed E-state index contributed by atoms with van der Waals surface area (Å²) in [6.45, 7) is 2.85. The van der Waals surface area contributed by atoms with Crippen LogP contribution in [-0.4, -0.2) is 29.6 Å². The predicted octanol–water partition coefficient (Wildman–Crippen LogP) is 1.71. The monoisotopic (exact) mass is 262 g/mol. The number of anilines is 1. The van der Waals surface area contributed by atoms with Gasteiger partial charge in [-0.1, -0.05) is 19.1 Å². The third-order valence-electron chi connectivity index (χ3n) is 3.47. The van der Waals surface area contributed by atoms with Crippen LogP contribution in [0.15, 0.2) is 24.3 Å². The quantitative estimate of drug-likeness (QED) is 0.775. The summed E-state index contributed by atoms with van der Waals surface area (Å²) in [5, 5.41) is 15.0. The van der Waals surface area contributed by atoms with E-state index in [2.05, 4.69) is 10.6 Å². The highest BCUT2D eigenvalue weighted by Gasteiger charge is 2.27. The minimum Gasteiger partial charge on any atom is -0.478 e. The molecule has 0 aromatic heterocycles. The van der Waals surface area contributed by atoms with Crippen LogP contribution in [0.25, 0.3) is 0 Å². The van der Waals surface area contributed by atoms with Crippen molar-refractivity contribution in [1.82, 2.24) is 5.32 Å². The van der Waals surface area contributed by atoms with E-state index in [4.69, 9.17) is 5.11 Å². The average molecular weight is 262 g/mol. The van der Waals surface area contributed by atoms with Crippen molar-refractivity contribution >= 4 is 17.6 Å². The standard InChI is InChI=1S/C14H18N2O3/c1-9-5-4-8-15-12(9)13(17)16-11-7-3-2-6-10(11)14(18)19/h2-3,6-7,9,12,15H,4-5,8H2,1H3,(H,16,17)(H,18,19). The molecule has 1 aromatic carbocycles. The van der Waals surface area contributed by atoms with Crippen molar-refractivity contribution in [3.63, 3.8) is 0 Å². The van der Waals surface area contributed by atoms with E-state index in [1.807, 2.05) is 6.92 Å². The molecule has 2 unspecified atom stereocenters. The molecule has 1 aromatic rings. The van der Waals surface area contributed by atoms with E-state index in [9.17, 15) is 9.59 Å². The molecule has 1 saturated heterocycles. The fourth-order valence-electron chi connectivity index (χ4n) is 2.39. The van der Waals surface area contributed by atoms with Crippen molar-refractivity contribution < 1.29 is 14.7 Å². The van der Waals surface area contributed by atoms with E-state index in [1.54, 1.807) is 18.2 Å². The van der Waals surface area contributed by atoms with Crippen LogP contribution in [-0.2, 0) is 4.79 Å². The number of carbonyl (C=O) groups excluding carboxylic acids is 1. The largest absolute Gasteiger partial charge is 0.478 e. The molecule has 0 bridgehead atoms. The lowest BCUT2D eigenvalue weighted by atomic mass is 9.92. The zero-order valence-electron chi connectivity index (χ0n) is 10.8. The number of amides is 1. The minimum absolute atomic E-state index is 0.110. The van der Waals surface area contributed by atoms with Crippen LogP contribution in [0.4, 0.5) is 5.69 Å². The highest BCUT2D eigenvalue weighted by Crippen LogP contribution is 2.19. The Morgan fingerprint density at radius 3 is 2.79 bits per heavy atom. The van der Waals surface area contributed by atoms with Gasteiger partial charge >= 0.3 is 5.97 Å². The second-order valence-electron chi connectivity index (χ2n) is 4.89. The number of nitrogens with one attached hydrogen (secondary N) is 2. The lowest BCUT2D eigenvalue weighted by Gasteiger charge is -2.29. The molecule has 0 saturated carbocycles. The molecular weight excluding hydrogens is 244 g/mol. The number of carboxylic acid groups (broad SMARTS) is 1. The van der Waals surface area contributed by atoms with Crippen molar-refractivity contribution in [1.29, 1.82) is 0 Å². The topological polar surface area (TPSA) is 78.4 Å². The number of rotatable bonds is 3. The lowest BCUT2D eigenvalue weighted by molar-refractivity contribution is -0.119. The van der Waals surface area contributed by atoms with Gasteiger partial charge in [0.1, 0.15) is 0 Å². The second-order valence-corrected chi connectivity index (χ2v) is 4.89. The molecule has 1 aliphatic heterocycles. The number of hydrogen-bond donors (Lipinski definition) is 3. The first-order valence-corrected chi connectivity index (χ1v) is 6.46. The maximum absolute atomic E-state index is 12.2. The molecule has 102 valence electrons. The number of aromatic carboxylic acids is 1. The first kappa shape index (κ1) is 13.5. The number of benzene rings is 1. The number of hydrogen-bond acceptors (Lipinski definition) is 3. The van der Waals surface area contributed by atoms with Gasteiger partial charge in [0.15, 0.2) is 0 Å². The van der Waals surface area contributed by atoms with E-state index in [0.29, 0.717) is 5.69 Å². The zero-order chi connectivity index (χ0) is 13.8. The molecule has 2 atom stereocenters. The van der Waals surface area contributed by atoms with Gasteiger partial charge in [0.05, 0.1) is 17.3 Å². The molecule has 5 nitrogen and oxygen atoms in total. The maximum atomic E-state index is 12.2. The Labute approximate surface area is 112 Å². The van der Waals surface area contributed by atoms with E-state index in [1.165, 1.54) is 6.07 Å². The van der Waals surface area contributed by atoms with Crippen molar-refractivity contribution in [3.05, 3.63) is 29.8 Å². The SMILES string of the molecule is CC1CCCNC1C(=O)Nc1ccccc1C(=O)O. The second kappa shape index (κ2) is 5.84. The molecule has 0 radical (unpaired) electrons. The van der Waals surface area contributed by atoms with Crippen LogP contribution in [0.3, 0.4) is 0 Å². The highest BCUT2D eigenvalue weighted by molar-refractivity contribution is 6.02. The molecule has 0 aliphatic carbocycles. The van der Waals surface area contributed by atoms with Crippen LogP contribution < -0.4 is 10.6 Å². The molecule has 1 amide bonds. The van der Waals surface area contributed by atoms with Crippen LogP contribution in [0.5, 0.6) is 0 Å². The molecule has 5 heteroatoms. The number of para-hydroxylation sites is 1. The Kier molecular flexibility index (Phi) is 4.16. The van der Waals surface area contributed by atoms with Gasteiger partial charge in [0.2, 0.25) is 5.91 Å². The third kappa shape index (κ3) is 3.12. The van der Waals surface area contributed by atoms with Crippen LogP contribution in [0.1, 0.15) is 30.1 Å². The molecular formula is C14H18N2O3. The van der Waals surface area contributed by atoms with E-state index >= 15 is 0 Å². The van der Waals surface area contributed by atoms with Crippen molar-refractivity contribution in [3.8, 4) is 0 Å². The lowest BCUT2D eigenvalue weighted by Crippen LogP contribution is -2.48. The molecule has 19 heavy (non-hydrogen) atoms. The van der Waals surface area contributed by atoms with Gasteiger partial charge in [-0.25, -0.2) is 4.79 Å². The minimum atomic E-state index is -1.04. The first-order chi connectivity index (χ1) is 9.09. The molecule has 0 spiro atoms. The van der Waals surface area contributed by atoms with Crippen molar-refractivity contribution in [2.75, 3.05) is 11.9 Å². The number of piperidine rings is 1. The van der Waals surface area contributed by atoms with Crippen molar-refractivity contribution in [2.45, 2.75) is 25.8 Å². The summed E-state index contributed by atoms with van der Waals surface area (Å²) in [6.07, 6.45) is 2.07. The van der Waals surface area contributed by atoms with Gasteiger partial charge in [-0.15, -0.1) is 0 Å². The van der Waals surface area contributed by atoms with Crippen molar-refractivity contribution in [2.24, 2.45) is 5.92 Å². The van der Waals surface area contributed by atoms with Crippen LogP contribution in [0.2, 0.25) is 0 Å². The maximum Gasteiger partial charge on any atom is 0.337 e. The summed E-state index contributed by atoms with van der Waals surface area (Å²) in [7, 11) is 0. The summed E-state index contributed by atoms with van der Waals surface area (Å²) in [5.41, 5.74) is 0.457. The summed E-state index contributed by atoms with van der Waals surface area (Å²) < 4.78 is 0. The van der Waals surface area contributed by atoms with Gasteiger partial charge < -0.3 is 15.7 Å². The van der Waals surface area contributed by atoms with Gasteiger partial charge in [-0.3, -0.25) is 4.79 Å². The summed E-state index contributed by atoms with van der Waals surface area (Å²) in [5.74, 6) is -0.952. The van der Waals surface area contributed by atoms with E-state index in [0.717, 1.165) is 19.4 Å². The fourth-order valence-corrected chi connectivity index (χ4v) is 2.39. The Bertz CT molecular complexity index is 487. The zero-order valence-corrected chi connectivity index (χ0v) is 10.8. The van der Waals surface area contributed by atoms with Crippen LogP contribution >= 0.6 is 0 Å². The summed E-state index contributed by atoms with van der Waals surface area (Å²) >= 11 is 0. The first-order valence-electron chi connectivity index (χ1n) is 6.46. The predicted molar refractivity (Wildman–Crippen MR) is 72.2 cm³/mol. The van der Waals surface area contributed by atoms with Gasteiger partial charge in [-0.2, -0.15) is 0 Å². The highest BCUT2D eigenvalue weighted by atomic mass is 16.4. The Morgan fingerprint density at radius 2 is 2.11 bits per heavy atom. The molecule has 1 heterocycles. The van der Waals surface area contributed by atoms with Gasteiger partial charge in [-0.05, 0) is 37.4 Å². The average Bonchev–Trinajstić information content (AvgIpc) is 2.39. The van der Waals surface area contributed by atoms with Gasteiger partial charge in [0, 0.05) is 0 Å². The molecule has 1 aliphatic rings. The normalized spacial score (nSPS) is 22.8. The Morgan fingerprint density at radius 1 is 1.37 bits per heavy atom. The van der Waals surface area contributed by atoms with Gasteiger partial charge in [0.25, 0.3) is 0 Å². The third-order valence-corrected chi connectivity index (χ3v) is 3.47. The Balaban J connectivity index is 2.12. The fraction of sp³-hybridized carbons (Fsp3) is 0.429. The van der Waals surface area contributed by atoms with E-state index in [-0.39, 0.29) is 23.4 Å². The molecule has 1 fully saturated rings. The Hall–Kier alpha value is -1.88. The number of carbonyl (C=O) groups is 2. The number of carboxylic acids is 1. The smallest absolute Gasteiger partial charge is 0.337 e. The molecule has 3 N–H and O–H groups in total. The summed E-state index contributed by atoms with van der Waals surface area (Å²) in [6, 6.07) is 6.18. The summed E-state index contributed by atoms with van der Waals surface area (Å²) in [4.78, 5) is 23.3. The molecule has 2 rings (SSSR count).